The molecule has 1 aromatic rings. The predicted molar refractivity (Wildman–Crippen MR) is 73.9 cm³/mol. The summed E-state index contributed by atoms with van der Waals surface area (Å²) in [5.74, 6) is -1.50. The fourth-order valence-electron chi connectivity index (χ4n) is 2.06. The maximum Gasteiger partial charge on any atom is 0.328 e. The van der Waals surface area contributed by atoms with Gasteiger partial charge in [0.2, 0.25) is 0 Å². The first-order valence-corrected chi connectivity index (χ1v) is 7.85. The number of nitrogens with zero attached hydrogens (tertiary/aromatic N) is 1. The second kappa shape index (κ2) is 5.62. The van der Waals surface area contributed by atoms with Gasteiger partial charge in [0.25, 0.3) is 0 Å². The van der Waals surface area contributed by atoms with Gasteiger partial charge in [0.1, 0.15) is 5.82 Å². The maximum atomic E-state index is 13.3. The Morgan fingerprint density at radius 2 is 1.95 bits per heavy atom. The first kappa shape index (κ1) is 14.5. The second-order valence-corrected chi connectivity index (χ2v) is 6.82. The normalized spacial score (nSPS) is 18.4. The minimum Gasteiger partial charge on any atom is -0.478 e. The van der Waals surface area contributed by atoms with Gasteiger partial charge in [-0.05, 0) is 24.3 Å². The molecule has 1 aliphatic rings. The van der Waals surface area contributed by atoms with Gasteiger partial charge in [-0.25, -0.2) is 17.6 Å². The van der Waals surface area contributed by atoms with Crippen molar-refractivity contribution in [2.75, 3.05) is 29.5 Å². The van der Waals surface area contributed by atoms with E-state index in [4.69, 9.17) is 5.11 Å². The van der Waals surface area contributed by atoms with Crippen LogP contribution in [0.1, 0.15) is 5.56 Å². The number of carbonyl (C=O) groups is 1. The van der Waals surface area contributed by atoms with E-state index in [-0.39, 0.29) is 11.5 Å². The van der Waals surface area contributed by atoms with Crippen LogP contribution in [-0.4, -0.2) is 44.1 Å². The molecular formula is C13H14FNO4S. The van der Waals surface area contributed by atoms with E-state index in [1.165, 1.54) is 24.3 Å². The molecule has 1 aromatic carbocycles. The summed E-state index contributed by atoms with van der Waals surface area (Å²) in [5.41, 5.74) is 1.06. The molecule has 0 amide bonds. The van der Waals surface area contributed by atoms with Crippen LogP contribution in [0.3, 0.4) is 0 Å². The van der Waals surface area contributed by atoms with Crippen LogP contribution in [0.4, 0.5) is 10.1 Å². The van der Waals surface area contributed by atoms with Gasteiger partial charge in [0.15, 0.2) is 9.84 Å². The molecule has 0 aliphatic carbocycles. The van der Waals surface area contributed by atoms with E-state index in [0.717, 1.165) is 6.08 Å². The third-order valence-corrected chi connectivity index (χ3v) is 4.69. The van der Waals surface area contributed by atoms with E-state index in [0.29, 0.717) is 24.3 Å². The van der Waals surface area contributed by atoms with E-state index in [2.05, 4.69) is 0 Å². The van der Waals surface area contributed by atoms with Crippen molar-refractivity contribution >= 4 is 27.6 Å². The molecule has 1 fully saturated rings. The van der Waals surface area contributed by atoms with Crippen molar-refractivity contribution in [3.8, 4) is 0 Å². The Labute approximate surface area is 116 Å². The summed E-state index contributed by atoms with van der Waals surface area (Å²) in [6, 6.07) is 4.04. The predicted octanol–water partition coefficient (Wildman–Crippen LogP) is 1.16. The molecule has 1 aliphatic heterocycles. The Hall–Kier alpha value is -1.89. The Morgan fingerprint density at radius 1 is 1.30 bits per heavy atom. The summed E-state index contributed by atoms with van der Waals surface area (Å²) >= 11 is 0. The zero-order chi connectivity index (χ0) is 14.8. The number of sulfone groups is 1. The van der Waals surface area contributed by atoms with E-state index >= 15 is 0 Å². The zero-order valence-corrected chi connectivity index (χ0v) is 11.4. The van der Waals surface area contributed by atoms with Crippen LogP contribution >= 0.6 is 0 Å². The third-order valence-electron chi connectivity index (χ3n) is 3.08. The second-order valence-electron chi connectivity index (χ2n) is 4.51. The molecule has 0 aromatic heterocycles. The third kappa shape index (κ3) is 3.57. The van der Waals surface area contributed by atoms with Crippen LogP contribution in [0.5, 0.6) is 0 Å². The Bertz CT molecular complexity index is 640. The van der Waals surface area contributed by atoms with Crippen molar-refractivity contribution in [2.45, 2.75) is 0 Å². The number of benzene rings is 1. The molecule has 1 saturated heterocycles. The number of hydrogen-bond donors (Lipinski definition) is 1. The average molecular weight is 299 g/mol. The number of halogens is 1. The van der Waals surface area contributed by atoms with Gasteiger partial charge >= 0.3 is 5.97 Å². The van der Waals surface area contributed by atoms with Crippen LogP contribution in [0.2, 0.25) is 0 Å². The van der Waals surface area contributed by atoms with Gasteiger partial charge in [-0.15, -0.1) is 0 Å². The maximum absolute atomic E-state index is 13.3. The molecule has 2 rings (SSSR count). The number of anilines is 1. The molecule has 1 N–H and O–H groups in total. The molecule has 20 heavy (non-hydrogen) atoms. The fraction of sp³-hybridized carbons (Fsp3) is 0.308. The Balaban J connectivity index is 2.29. The average Bonchev–Trinajstić information content (AvgIpc) is 2.37. The number of hydrogen-bond acceptors (Lipinski definition) is 4. The molecule has 0 radical (unpaired) electrons. The topological polar surface area (TPSA) is 74.7 Å². The van der Waals surface area contributed by atoms with E-state index in [1.807, 2.05) is 4.90 Å². The molecule has 0 saturated carbocycles. The molecule has 0 spiro atoms. The smallest absolute Gasteiger partial charge is 0.328 e. The van der Waals surface area contributed by atoms with Crippen LogP contribution < -0.4 is 4.90 Å². The molecule has 0 atom stereocenters. The summed E-state index contributed by atoms with van der Waals surface area (Å²) in [6.45, 7) is 0.643. The standard InChI is InChI=1S/C13H14FNO4S/c14-11-2-3-12(10(9-11)1-4-13(16)17)15-5-7-20(18,19)8-6-15/h1-4,9H,5-8H2,(H,16,17)/b4-1+. The van der Waals surface area contributed by atoms with Crippen molar-refractivity contribution in [3.63, 3.8) is 0 Å². The van der Waals surface area contributed by atoms with E-state index in [1.54, 1.807) is 0 Å². The summed E-state index contributed by atoms with van der Waals surface area (Å²) in [6.07, 6.45) is 2.24. The largest absolute Gasteiger partial charge is 0.478 e. The van der Waals surface area contributed by atoms with Crippen molar-refractivity contribution in [2.24, 2.45) is 0 Å². The van der Waals surface area contributed by atoms with Crippen LogP contribution in [0.15, 0.2) is 24.3 Å². The SMILES string of the molecule is O=C(O)/C=C/c1cc(F)ccc1N1CCS(=O)(=O)CC1. The lowest BCUT2D eigenvalue weighted by molar-refractivity contribution is -0.131. The Kier molecular flexibility index (Phi) is 4.08. The summed E-state index contributed by atoms with van der Waals surface area (Å²) in [7, 11) is -3.00. The van der Waals surface area contributed by atoms with Gasteiger partial charge in [0, 0.05) is 30.4 Å². The van der Waals surface area contributed by atoms with Gasteiger partial charge in [-0.1, -0.05) is 0 Å². The van der Waals surface area contributed by atoms with Gasteiger partial charge in [-0.2, -0.15) is 0 Å². The molecule has 5 nitrogen and oxygen atoms in total. The van der Waals surface area contributed by atoms with Gasteiger partial charge in [-0.3, -0.25) is 0 Å². The lowest BCUT2D eigenvalue weighted by Gasteiger charge is -2.30. The highest BCUT2D eigenvalue weighted by Crippen LogP contribution is 2.24. The summed E-state index contributed by atoms with van der Waals surface area (Å²) in [5, 5.41) is 8.64. The number of rotatable bonds is 3. The van der Waals surface area contributed by atoms with Crippen molar-refractivity contribution in [3.05, 3.63) is 35.7 Å². The van der Waals surface area contributed by atoms with E-state index in [9.17, 15) is 17.6 Å². The molecular weight excluding hydrogens is 285 g/mol. The first-order valence-electron chi connectivity index (χ1n) is 6.03. The van der Waals surface area contributed by atoms with Crippen molar-refractivity contribution in [1.82, 2.24) is 0 Å². The molecule has 7 heteroatoms. The number of carboxylic acids is 1. The van der Waals surface area contributed by atoms with E-state index < -0.39 is 21.6 Å². The monoisotopic (exact) mass is 299 g/mol. The van der Waals surface area contributed by atoms with Gasteiger partial charge < -0.3 is 10.0 Å². The van der Waals surface area contributed by atoms with Crippen LogP contribution in [-0.2, 0) is 14.6 Å². The van der Waals surface area contributed by atoms with Gasteiger partial charge in [0.05, 0.1) is 11.5 Å². The molecule has 0 unspecified atom stereocenters. The lowest BCUT2D eigenvalue weighted by Crippen LogP contribution is -2.40. The lowest BCUT2D eigenvalue weighted by atomic mass is 10.1. The first-order chi connectivity index (χ1) is 9.37. The number of carboxylic acid groups (broad SMARTS) is 1. The highest BCUT2D eigenvalue weighted by atomic mass is 32.2. The minimum atomic E-state index is -3.00. The summed E-state index contributed by atoms with van der Waals surface area (Å²) < 4.78 is 36.1. The highest BCUT2D eigenvalue weighted by Gasteiger charge is 2.22. The fourth-order valence-corrected chi connectivity index (χ4v) is 3.26. The molecule has 0 bridgehead atoms. The molecule has 1 heterocycles. The molecule has 108 valence electrons. The summed E-state index contributed by atoms with van der Waals surface area (Å²) in [4.78, 5) is 12.4. The quantitative estimate of drug-likeness (QED) is 0.848. The highest BCUT2D eigenvalue weighted by molar-refractivity contribution is 7.91. The number of aliphatic carboxylic acids is 1. The van der Waals surface area contributed by atoms with Crippen molar-refractivity contribution in [1.29, 1.82) is 0 Å². The van der Waals surface area contributed by atoms with Crippen LogP contribution in [0.25, 0.3) is 6.08 Å². The Morgan fingerprint density at radius 3 is 2.55 bits per heavy atom. The van der Waals surface area contributed by atoms with Crippen LogP contribution in [0, 0.1) is 5.82 Å². The van der Waals surface area contributed by atoms with Crippen molar-refractivity contribution < 1.29 is 22.7 Å². The minimum absolute atomic E-state index is 0.0481. The zero-order valence-electron chi connectivity index (χ0n) is 10.6.